The lowest BCUT2D eigenvalue weighted by Crippen LogP contribution is -2.41. The fraction of sp³-hybridized carbons (Fsp3) is 0.667. The fourth-order valence-electron chi connectivity index (χ4n) is 2.39. The minimum atomic E-state index is -0.206. The fourth-order valence-corrected chi connectivity index (χ4v) is 2.39. The lowest BCUT2D eigenvalue weighted by molar-refractivity contribution is 0.0547. The monoisotopic (exact) mass is 250 g/mol. The van der Waals surface area contributed by atoms with Gasteiger partial charge in [0.15, 0.2) is 0 Å². The van der Waals surface area contributed by atoms with Gasteiger partial charge in [0.05, 0.1) is 6.10 Å². The molecule has 0 aliphatic rings. The molecule has 0 amide bonds. The predicted octanol–water partition coefficient (Wildman–Crippen LogP) is 2.50. The maximum atomic E-state index is 10.1. The summed E-state index contributed by atoms with van der Waals surface area (Å²) in [5.74, 6) is 0. The Hall–Kier alpha value is -0.930. The molecule has 2 atom stereocenters. The highest BCUT2D eigenvalue weighted by molar-refractivity contribution is 5.09. The van der Waals surface area contributed by atoms with E-state index in [2.05, 4.69) is 42.9 Å². The van der Waals surface area contributed by atoms with Crippen LogP contribution in [-0.4, -0.2) is 40.7 Å². The van der Waals surface area contributed by atoms with Gasteiger partial charge in [-0.2, -0.15) is 0 Å². The summed E-state index contributed by atoms with van der Waals surface area (Å²) in [5.41, 5.74) is 1.30. The summed E-state index contributed by atoms with van der Waals surface area (Å²) >= 11 is 0. The molecule has 1 N–H and O–H groups in total. The van der Waals surface area contributed by atoms with Crippen LogP contribution in [-0.2, 0) is 6.42 Å². The van der Waals surface area contributed by atoms with Crippen molar-refractivity contribution < 1.29 is 5.11 Å². The van der Waals surface area contributed by atoms with E-state index in [-0.39, 0.29) is 12.1 Å². The van der Waals surface area contributed by atoms with Gasteiger partial charge in [0, 0.05) is 25.0 Å². The first-order chi connectivity index (χ1) is 8.69. The molecule has 102 valence electrons. The second-order valence-corrected chi connectivity index (χ2v) is 4.92. The Morgan fingerprint density at radius 1 is 1.28 bits per heavy atom. The molecule has 3 nitrogen and oxygen atoms in total. The summed E-state index contributed by atoms with van der Waals surface area (Å²) in [6.07, 6.45) is 7.38. The first kappa shape index (κ1) is 15.1. The largest absolute Gasteiger partial charge is 0.391 e. The van der Waals surface area contributed by atoms with Crippen molar-refractivity contribution in [2.24, 2.45) is 0 Å². The second-order valence-electron chi connectivity index (χ2n) is 4.92. The van der Waals surface area contributed by atoms with Gasteiger partial charge >= 0.3 is 0 Å². The molecule has 0 aromatic carbocycles. The molecule has 2 unspecified atom stereocenters. The minimum absolute atomic E-state index is 0.206. The van der Waals surface area contributed by atoms with Crippen LogP contribution in [0.1, 0.15) is 38.7 Å². The van der Waals surface area contributed by atoms with Gasteiger partial charge < -0.3 is 10.0 Å². The van der Waals surface area contributed by atoms with Crippen LogP contribution in [0.2, 0.25) is 0 Å². The van der Waals surface area contributed by atoms with Crippen LogP contribution in [0.3, 0.4) is 0 Å². The Morgan fingerprint density at radius 2 is 1.94 bits per heavy atom. The number of hydrogen-bond acceptors (Lipinski definition) is 3. The van der Waals surface area contributed by atoms with Crippen molar-refractivity contribution in [1.29, 1.82) is 0 Å². The highest BCUT2D eigenvalue weighted by Crippen LogP contribution is 2.12. The number of likely N-dealkylation sites (N-methyl/N-ethyl adjacent to an activating group) is 1. The van der Waals surface area contributed by atoms with Gasteiger partial charge in [-0.25, -0.2) is 0 Å². The third kappa shape index (κ3) is 4.75. The molecule has 0 radical (unpaired) electrons. The van der Waals surface area contributed by atoms with Crippen LogP contribution in [0.5, 0.6) is 0 Å². The number of aromatic nitrogens is 1. The van der Waals surface area contributed by atoms with Crippen molar-refractivity contribution >= 4 is 0 Å². The standard InChI is InChI=1S/C15H26N2O/c1-4-6-15(18)14(5-2)17(3)12-9-13-7-10-16-11-8-13/h7-8,10-11,14-15,18H,4-6,9,12H2,1-3H3. The highest BCUT2D eigenvalue weighted by atomic mass is 16.3. The van der Waals surface area contributed by atoms with Gasteiger partial charge in [0.1, 0.15) is 0 Å². The van der Waals surface area contributed by atoms with Crippen molar-refractivity contribution in [2.45, 2.75) is 51.7 Å². The second kappa shape index (κ2) is 8.22. The Morgan fingerprint density at radius 3 is 2.50 bits per heavy atom. The van der Waals surface area contributed by atoms with Gasteiger partial charge in [0.25, 0.3) is 0 Å². The van der Waals surface area contributed by atoms with E-state index in [9.17, 15) is 5.11 Å². The van der Waals surface area contributed by atoms with Gasteiger partial charge in [-0.05, 0) is 44.0 Å². The molecule has 1 heterocycles. The zero-order valence-electron chi connectivity index (χ0n) is 11.8. The van der Waals surface area contributed by atoms with E-state index >= 15 is 0 Å². The quantitative estimate of drug-likeness (QED) is 0.770. The molecule has 0 aliphatic carbocycles. The maximum absolute atomic E-state index is 10.1. The van der Waals surface area contributed by atoms with Crippen LogP contribution < -0.4 is 0 Å². The maximum Gasteiger partial charge on any atom is 0.0695 e. The molecule has 1 rings (SSSR count). The summed E-state index contributed by atoms with van der Waals surface area (Å²) in [6, 6.07) is 4.38. The molecule has 1 aromatic heterocycles. The van der Waals surface area contributed by atoms with Crippen LogP contribution in [0.4, 0.5) is 0 Å². The van der Waals surface area contributed by atoms with Crippen LogP contribution in [0, 0.1) is 0 Å². The van der Waals surface area contributed by atoms with Crippen molar-refractivity contribution in [3.8, 4) is 0 Å². The predicted molar refractivity (Wildman–Crippen MR) is 75.6 cm³/mol. The SMILES string of the molecule is CCCC(O)C(CC)N(C)CCc1ccncc1. The van der Waals surface area contributed by atoms with Crippen molar-refractivity contribution in [2.75, 3.05) is 13.6 Å². The lowest BCUT2D eigenvalue weighted by Gasteiger charge is -2.31. The van der Waals surface area contributed by atoms with Gasteiger partial charge in [-0.3, -0.25) is 4.98 Å². The Bertz CT molecular complexity index is 316. The zero-order valence-corrected chi connectivity index (χ0v) is 11.8. The van der Waals surface area contributed by atoms with Crippen molar-refractivity contribution in [1.82, 2.24) is 9.88 Å². The van der Waals surface area contributed by atoms with Gasteiger partial charge in [-0.1, -0.05) is 20.3 Å². The first-order valence-corrected chi connectivity index (χ1v) is 6.96. The van der Waals surface area contributed by atoms with E-state index in [1.165, 1.54) is 5.56 Å². The van der Waals surface area contributed by atoms with Gasteiger partial charge in [-0.15, -0.1) is 0 Å². The van der Waals surface area contributed by atoms with Crippen LogP contribution >= 0.6 is 0 Å². The molecule has 0 fully saturated rings. The molecular formula is C15H26N2O. The molecule has 0 saturated carbocycles. The average Bonchev–Trinajstić information content (AvgIpc) is 2.39. The first-order valence-electron chi connectivity index (χ1n) is 6.96. The molecule has 0 aliphatic heterocycles. The zero-order chi connectivity index (χ0) is 13.4. The number of aliphatic hydroxyl groups is 1. The van der Waals surface area contributed by atoms with Crippen molar-refractivity contribution in [3.63, 3.8) is 0 Å². The molecule has 0 bridgehead atoms. The third-order valence-corrected chi connectivity index (χ3v) is 3.52. The Kier molecular flexibility index (Phi) is 6.91. The summed E-state index contributed by atoms with van der Waals surface area (Å²) < 4.78 is 0. The summed E-state index contributed by atoms with van der Waals surface area (Å²) in [5, 5.41) is 10.1. The van der Waals surface area contributed by atoms with E-state index < -0.39 is 0 Å². The number of pyridine rings is 1. The summed E-state index contributed by atoms with van der Waals surface area (Å²) in [6.45, 7) is 5.24. The number of aliphatic hydroxyl groups excluding tert-OH is 1. The van der Waals surface area contributed by atoms with Crippen LogP contribution in [0.15, 0.2) is 24.5 Å². The summed E-state index contributed by atoms with van der Waals surface area (Å²) in [4.78, 5) is 6.30. The van der Waals surface area contributed by atoms with Gasteiger partial charge in [0.2, 0.25) is 0 Å². The molecule has 0 spiro atoms. The number of nitrogens with zero attached hydrogens (tertiary/aromatic N) is 2. The topological polar surface area (TPSA) is 36.4 Å². The lowest BCUT2D eigenvalue weighted by atomic mass is 10.0. The number of hydrogen-bond donors (Lipinski definition) is 1. The molecular weight excluding hydrogens is 224 g/mol. The summed E-state index contributed by atoms with van der Waals surface area (Å²) in [7, 11) is 2.11. The van der Waals surface area contributed by atoms with E-state index in [4.69, 9.17) is 0 Å². The van der Waals surface area contributed by atoms with E-state index in [1.54, 1.807) is 0 Å². The average molecular weight is 250 g/mol. The minimum Gasteiger partial charge on any atom is -0.391 e. The third-order valence-electron chi connectivity index (χ3n) is 3.52. The molecule has 1 aromatic rings. The number of rotatable bonds is 8. The van der Waals surface area contributed by atoms with E-state index in [0.717, 1.165) is 32.2 Å². The van der Waals surface area contributed by atoms with Crippen LogP contribution in [0.25, 0.3) is 0 Å². The van der Waals surface area contributed by atoms with Crippen molar-refractivity contribution in [3.05, 3.63) is 30.1 Å². The smallest absolute Gasteiger partial charge is 0.0695 e. The van der Waals surface area contributed by atoms with E-state index in [0.29, 0.717) is 0 Å². The van der Waals surface area contributed by atoms with E-state index in [1.807, 2.05) is 12.4 Å². The Balaban J connectivity index is 2.44. The highest BCUT2D eigenvalue weighted by Gasteiger charge is 2.20. The normalized spacial score (nSPS) is 14.7. The Labute approximate surface area is 111 Å². The molecule has 18 heavy (non-hydrogen) atoms. The molecule has 3 heteroatoms. The molecule has 0 saturated heterocycles.